The Morgan fingerprint density at radius 3 is 1.81 bits per heavy atom. The number of hydrogen-bond donors (Lipinski definition) is 4. The van der Waals surface area contributed by atoms with Gasteiger partial charge < -0.3 is 21.7 Å². The van der Waals surface area contributed by atoms with Crippen molar-refractivity contribution < 1.29 is 9.59 Å². The van der Waals surface area contributed by atoms with Crippen LogP contribution in [0.25, 0.3) is 0 Å². The van der Waals surface area contributed by atoms with Crippen molar-refractivity contribution in [3.63, 3.8) is 0 Å². The Labute approximate surface area is 279 Å². The second-order valence-corrected chi connectivity index (χ2v) is 12.7. The van der Waals surface area contributed by atoms with E-state index >= 15 is 0 Å². The van der Waals surface area contributed by atoms with Crippen LogP contribution in [0.3, 0.4) is 0 Å². The molecule has 6 rings (SSSR count). The lowest BCUT2D eigenvalue weighted by molar-refractivity contribution is 0.0998. The highest BCUT2D eigenvalue weighted by Gasteiger charge is 2.30. The first kappa shape index (κ1) is 32.3. The maximum absolute atomic E-state index is 13.8. The Hall–Kier alpha value is -5.62. The highest BCUT2D eigenvalue weighted by atomic mass is 16.2. The van der Waals surface area contributed by atoms with E-state index in [0.717, 1.165) is 57.1 Å². The number of nitrogens with one attached hydrogen (secondary N) is 3. The summed E-state index contributed by atoms with van der Waals surface area (Å²) in [6, 6.07) is 21.0. The van der Waals surface area contributed by atoms with Crippen molar-refractivity contribution in [1.82, 2.24) is 19.6 Å². The fourth-order valence-electron chi connectivity index (χ4n) is 7.15. The number of carbonyl (C=O) groups is 2. The van der Waals surface area contributed by atoms with Gasteiger partial charge in [-0.15, -0.1) is 0 Å². The minimum atomic E-state index is -0.627. The molecule has 2 aromatic carbocycles. The Kier molecular flexibility index (Phi) is 10.0. The van der Waals surface area contributed by atoms with Crippen LogP contribution in [0.2, 0.25) is 0 Å². The third kappa shape index (κ3) is 7.34. The molecule has 12 nitrogen and oxygen atoms in total. The molecule has 2 amide bonds. The molecule has 0 saturated heterocycles. The summed E-state index contributed by atoms with van der Waals surface area (Å²) >= 11 is 0. The standard InChI is InChI=1S/C36H40N10O2/c37-19-17-31(24-9-4-5-10-24)45-22-29(33(39)47)34(43-45)41-27-15-8-16-28(21-27)42-36(48)30-23-46(32(18-20-38)25-11-6-7-12-25)44-35(30)40-26-13-2-1-3-14-26/h1-3,8,13-16,21-25,31-32H,4-7,9-12,17-18H2,(H2,39,47)(H,40,44)(H,41,43)(H,42,48). The number of hydrogen-bond acceptors (Lipinski definition) is 8. The van der Waals surface area contributed by atoms with Gasteiger partial charge in [-0.1, -0.05) is 49.9 Å². The first-order valence-electron chi connectivity index (χ1n) is 16.7. The molecule has 2 unspecified atom stereocenters. The Morgan fingerprint density at radius 1 is 0.750 bits per heavy atom. The number of carbonyl (C=O) groups excluding carboxylic acids is 2. The quantitative estimate of drug-likeness (QED) is 0.118. The Balaban J connectivity index is 1.25. The summed E-state index contributed by atoms with van der Waals surface area (Å²) in [6.07, 6.45) is 12.6. The maximum Gasteiger partial charge on any atom is 0.261 e. The predicted molar refractivity (Wildman–Crippen MR) is 183 cm³/mol. The van der Waals surface area contributed by atoms with Gasteiger partial charge in [0.2, 0.25) is 0 Å². The molecule has 0 spiro atoms. The highest BCUT2D eigenvalue weighted by molar-refractivity contribution is 6.08. The van der Waals surface area contributed by atoms with Crippen molar-refractivity contribution in [2.24, 2.45) is 17.6 Å². The summed E-state index contributed by atoms with van der Waals surface area (Å²) in [5.41, 5.74) is 8.20. The SMILES string of the molecule is N#CCC(C1CCCC1)n1cc(C(N)=O)c(Nc2cccc(NC(=O)c3cn(C(CC#N)C4CCCC4)nc3Nc3ccccc3)c2)n1. The molecule has 12 heteroatoms. The molecule has 48 heavy (non-hydrogen) atoms. The molecule has 5 N–H and O–H groups in total. The number of aromatic nitrogens is 4. The lowest BCUT2D eigenvalue weighted by atomic mass is 9.96. The fraction of sp³-hybridized carbons (Fsp3) is 0.389. The van der Waals surface area contributed by atoms with Gasteiger partial charge in [0.25, 0.3) is 11.8 Å². The Morgan fingerprint density at radius 2 is 1.25 bits per heavy atom. The molecule has 0 bridgehead atoms. The topological polar surface area (TPSA) is 179 Å². The molecule has 0 radical (unpaired) electrons. The molecule has 2 aliphatic carbocycles. The second-order valence-electron chi connectivity index (χ2n) is 12.7. The van der Waals surface area contributed by atoms with Crippen LogP contribution in [-0.4, -0.2) is 31.4 Å². The number of nitriles is 2. The number of nitrogens with zero attached hydrogens (tertiary/aromatic N) is 6. The number of benzene rings is 2. The van der Waals surface area contributed by atoms with Crippen LogP contribution < -0.4 is 21.7 Å². The van der Waals surface area contributed by atoms with Crippen LogP contribution in [0.5, 0.6) is 0 Å². The van der Waals surface area contributed by atoms with E-state index in [1.54, 1.807) is 46.0 Å². The minimum absolute atomic E-state index is 0.122. The van der Waals surface area contributed by atoms with Gasteiger partial charge in [-0.25, -0.2) is 0 Å². The number of anilines is 5. The average molecular weight is 645 g/mol. The van der Waals surface area contributed by atoms with Gasteiger partial charge in [0, 0.05) is 29.5 Å². The molecule has 4 aromatic rings. The zero-order valence-electron chi connectivity index (χ0n) is 26.8. The van der Waals surface area contributed by atoms with Crippen molar-refractivity contribution in [2.75, 3.05) is 16.0 Å². The number of nitrogens with two attached hydrogens (primary N) is 1. The number of rotatable bonds is 13. The van der Waals surface area contributed by atoms with Crippen LogP contribution in [-0.2, 0) is 0 Å². The fourth-order valence-corrected chi connectivity index (χ4v) is 7.15. The van der Waals surface area contributed by atoms with E-state index < -0.39 is 5.91 Å². The van der Waals surface area contributed by atoms with Gasteiger partial charge in [0.15, 0.2) is 11.6 Å². The highest BCUT2D eigenvalue weighted by Crippen LogP contribution is 2.38. The summed E-state index contributed by atoms with van der Waals surface area (Å²) in [6.45, 7) is 0. The van der Waals surface area contributed by atoms with Gasteiger partial charge >= 0.3 is 0 Å². The van der Waals surface area contributed by atoms with Crippen molar-refractivity contribution >= 4 is 40.5 Å². The average Bonchev–Trinajstić information content (AvgIpc) is 3.91. The molecule has 0 aliphatic heterocycles. The molecular formula is C36H40N10O2. The minimum Gasteiger partial charge on any atom is -0.365 e. The molecule has 2 aromatic heterocycles. The first-order chi connectivity index (χ1) is 23.4. The zero-order chi connectivity index (χ0) is 33.5. The van der Waals surface area contributed by atoms with Crippen molar-refractivity contribution in [3.05, 3.63) is 78.1 Å². The van der Waals surface area contributed by atoms with E-state index in [2.05, 4.69) is 33.2 Å². The predicted octanol–water partition coefficient (Wildman–Crippen LogP) is 7.21. The van der Waals surface area contributed by atoms with Crippen molar-refractivity contribution in [1.29, 1.82) is 10.5 Å². The van der Waals surface area contributed by atoms with E-state index in [4.69, 9.17) is 10.8 Å². The number of para-hydroxylation sites is 1. The molecule has 246 valence electrons. The summed E-state index contributed by atoms with van der Waals surface area (Å²) < 4.78 is 3.49. The van der Waals surface area contributed by atoms with E-state index in [1.807, 2.05) is 30.3 Å². The molecule has 2 saturated carbocycles. The van der Waals surface area contributed by atoms with Gasteiger partial charge in [0.05, 0.1) is 37.1 Å². The number of primary amides is 1. The number of amides is 2. The van der Waals surface area contributed by atoms with E-state index in [1.165, 1.54) is 0 Å². The molecule has 2 atom stereocenters. The van der Waals surface area contributed by atoms with Crippen LogP contribution >= 0.6 is 0 Å². The maximum atomic E-state index is 13.8. The summed E-state index contributed by atoms with van der Waals surface area (Å²) in [5.74, 6) is 0.346. The molecule has 2 aliphatic rings. The van der Waals surface area contributed by atoms with Crippen LogP contribution in [0, 0.1) is 34.5 Å². The third-order valence-electron chi connectivity index (χ3n) is 9.56. The van der Waals surface area contributed by atoms with Crippen molar-refractivity contribution in [3.8, 4) is 12.1 Å². The van der Waals surface area contributed by atoms with E-state index in [0.29, 0.717) is 47.4 Å². The molecular weight excluding hydrogens is 604 g/mol. The largest absolute Gasteiger partial charge is 0.365 e. The molecule has 2 heterocycles. The monoisotopic (exact) mass is 644 g/mol. The van der Waals surface area contributed by atoms with E-state index in [9.17, 15) is 20.1 Å². The molecule has 2 fully saturated rings. The van der Waals surface area contributed by atoms with Crippen LogP contribution in [0.1, 0.15) is 97.0 Å². The first-order valence-corrected chi connectivity index (χ1v) is 16.7. The smallest absolute Gasteiger partial charge is 0.261 e. The van der Waals surface area contributed by atoms with E-state index in [-0.39, 0.29) is 29.4 Å². The Bertz CT molecular complexity index is 1820. The van der Waals surface area contributed by atoms with Crippen LogP contribution in [0.15, 0.2) is 67.0 Å². The van der Waals surface area contributed by atoms with Gasteiger partial charge in [-0.05, 0) is 67.9 Å². The van der Waals surface area contributed by atoms with Crippen molar-refractivity contribution in [2.45, 2.75) is 76.3 Å². The lowest BCUT2D eigenvalue weighted by Crippen LogP contribution is -2.18. The second kappa shape index (κ2) is 14.9. The summed E-state index contributed by atoms with van der Waals surface area (Å²) in [5, 5.41) is 38.1. The zero-order valence-corrected chi connectivity index (χ0v) is 26.8. The lowest BCUT2D eigenvalue weighted by Gasteiger charge is -2.21. The van der Waals surface area contributed by atoms with Crippen LogP contribution in [0.4, 0.5) is 28.7 Å². The summed E-state index contributed by atoms with van der Waals surface area (Å²) in [4.78, 5) is 26.2. The van der Waals surface area contributed by atoms with Gasteiger partial charge in [0.1, 0.15) is 11.1 Å². The van der Waals surface area contributed by atoms with Gasteiger partial charge in [-0.2, -0.15) is 20.7 Å². The van der Waals surface area contributed by atoms with Gasteiger partial charge in [-0.3, -0.25) is 19.0 Å². The normalized spacial score (nSPS) is 16.1. The third-order valence-corrected chi connectivity index (χ3v) is 9.56. The summed E-state index contributed by atoms with van der Waals surface area (Å²) in [7, 11) is 0.